The Kier molecular flexibility index (Phi) is 4.15. The van der Waals surface area contributed by atoms with Gasteiger partial charge in [-0.25, -0.2) is 4.39 Å². The third-order valence-corrected chi connectivity index (χ3v) is 7.26. The number of carbonyl (C=O) groups excluding carboxylic acids is 2. The van der Waals surface area contributed by atoms with E-state index in [1.807, 2.05) is 30.5 Å². The number of nitrogens with zero attached hydrogens (tertiary/aromatic N) is 2. The van der Waals surface area contributed by atoms with Gasteiger partial charge in [0.25, 0.3) is 0 Å². The average Bonchev–Trinajstić information content (AvgIpc) is 3.44. The Morgan fingerprint density at radius 2 is 2.10 bits per heavy atom. The molecule has 5 nitrogen and oxygen atoms in total. The highest BCUT2D eigenvalue weighted by molar-refractivity contribution is 7.10. The molecule has 4 atom stereocenters. The van der Waals surface area contributed by atoms with Gasteiger partial charge in [-0.15, -0.1) is 11.3 Å². The van der Waals surface area contributed by atoms with Crippen LogP contribution in [0.5, 0.6) is 0 Å². The summed E-state index contributed by atoms with van der Waals surface area (Å²) in [7, 11) is 1.78. The standard InChI is InChI=1S/C22H21FN2O3S/c1-13-8-10-29-17(13)11-24(2)20(26)18-16-7-9-22(28-16)12-25(21(27)19(18)22)15-5-3-14(23)4-6-15/h3-10,16,18-19H,11-12H2,1-2H3/t16-,18+,19+,22-/m0/s1. The minimum atomic E-state index is -0.782. The van der Waals surface area contributed by atoms with Crippen LogP contribution in [0.2, 0.25) is 0 Å². The first-order chi connectivity index (χ1) is 13.9. The molecule has 1 aromatic carbocycles. The third-order valence-electron chi connectivity index (χ3n) is 6.25. The lowest BCUT2D eigenvalue weighted by atomic mass is 9.76. The number of thiophene rings is 1. The molecular weight excluding hydrogens is 391 g/mol. The lowest BCUT2D eigenvalue weighted by Crippen LogP contribution is -2.44. The summed E-state index contributed by atoms with van der Waals surface area (Å²) in [5, 5.41) is 2.02. The maximum Gasteiger partial charge on any atom is 0.234 e. The van der Waals surface area contributed by atoms with Crippen molar-refractivity contribution in [2.45, 2.75) is 25.2 Å². The fourth-order valence-corrected chi connectivity index (χ4v) is 5.69. The summed E-state index contributed by atoms with van der Waals surface area (Å²) in [6, 6.07) is 7.88. The van der Waals surface area contributed by atoms with Crippen LogP contribution in [0, 0.1) is 24.6 Å². The number of anilines is 1. The maximum absolute atomic E-state index is 13.3. The number of amides is 2. The molecule has 1 spiro atoms. The van der Waals surface area contributed by atoms with E-state index in [0.717, 1.165) is 10.4 Å². The van der Waals surface area contributed by atoms with Gasteiger partial charge in [0.2, 0.25) is 11.8 Å². The Morgan fingerprint density at radius 3 is 2.79 bits per heavy atom. The highest BCUT2D eigenvalue weighted by atomic mass is 32.1. The minimum absolute atomic E-state index is 0.0756. The van der Waals surface area contributed by atoms with Gasteiger partial charge in [-0.3, -0.25) is 9.59 Å². The molecule has 3 aliphatic heterocycles. The molecule has 1 aromatic heterocycles. The van der Waals surface area contributed by atoms with Crippen molar-refractivity contribution in [1.82, 2.24) is 4.90 Å². The van der Waals surface area contributed by atoms with Crippen molar-refractivity contribution in [3.8, 4) is 0 Å². The number of benzene rings is 1. The zero-order valence-corrected chi connectivity index (χ0v) is 17.0. The molecule has 2 amide bonds. The van der Waals surface area contributed by atoms with Crippen LogP contribution >= 0.6 is 11.3 Å². The van der Waals surface area contributed by atoms with E-state index in [-0.39, 0.29) is 23.7 Å². The minimum Gasteiger partial charge on any atom is -0.360 e. The Bertz CT molecular complexity index is 1020. The first kappa shape index (κ1) is 18.5. The van der Waals surface area contributed by atoms with Crippen LogP contribution in [0.3, 0.4) is 0 Å². The molecule has 2 saturated heterocycles. The Morgan fingerprint density at radius 1 is 1.34 bits per heavy atom. The van der Waals surface area contributed by atoms with E-state index in [1.165, 1.54) is 12.1 Å². The number of hydrogen-bond donors (Lipinski definition) is 0. The van der Waals surface area contributed by atoms with E-state index in [2.05, 4.69) is 0 Å². The molecule has 0 unspecified atom stereocenters. The number of carbonyl (C=O) groups is 2. The summed E-state index contributed by atoms with van der Waals surface area (Å²) >= 11 is 1.63. The van der Waals surface area contributed by atoms with Crippen LogP contribution in [0.15, 0.2) is 47.9 Å². The molecule has 4 heterocycles. The van der Waals surface area contributed by atoms with E-state index in [4.69, 9.17) is 4.74 Å². The summed E-state index contributed by atoms with van der Waals surface area (Å²) in [5.41, 5.74) is 1.000. The summed E-state index contributed by atoms with van der Waals surface area (Å²) in [4.78, 5) is 31.1. The van der Waals surface area contributed by atoms with Crippen molar-refractivity contribution in [3.05, 3.63) is 64.1 Å². The fraction of sp³-hybridized carbons (Fsp3) is 0.364. The second kappa shape index (κ2) is 6.50. The summed E-state index contributed by atoms with van der Waals surface area (Å²) in [6.45, 7) is 2.89. The fourth-order valence-electron chi connectivity index (χ4n) is 4.73. The first-order valence-electron chi connectivity index (χ1n) is 9.62. The van der Waals surface area contributed by atoms with Gasteiger partial charge in [-0.1, -0.05) is 12.2 Å². The quantitative estimate of drug-likeness (QED) is 0.725. The van der Waals surface area contributed by atoms with Crippen LogP contribution in [-0.2, 0) is 20.9 Å². The van der Waals surface area contributed by atoms with Crippen molar-refractivity contribution < 1.29 is 18.7 Å². The van der Waals surface area contributed by atoms with Gasteiger partial charge in [0.1, 0.15) is 11.4 Å². The van der Waals surface area contributed by atoms with E-state index in [1.54, 1.807) is 40.3 Å². The Balaban J connectivity index is 1.42. The van der Waals surface area contributed by atoms with Gasteiger partial charge in [0.15, 0.2) is 0 Å². The lowest BCUT2D eigenvalue weighted by Gasteiger charge is -2.27. The summed E-state index contributed by atoms with van der Waals surface area (Å²) in [6.07, 6.45) is 3.46. The van der Waals surface area contributed by atoms with Gasteiger partial charge in [-0.05, 0) is 48.2 Å². The van der Waals surface area contributed by atoms with Crippen molar-refractivity contribution >= 4 is 28.8 Å². The SMILES string of the molecule is Cc1ccsc1CN(C)C(=O)[C@@H]1[C@@H]2C=C[C@@]3(CN(c4ccc(F)cc4)C(=O)[C@@H]13)O2. The Hall–Kier alpha value is -2.51. The van der Waals surface area contributed by atoms with Crippen molar-refractivity contribution in [1.29, 1.82) is 0 Å². The van der Waals surface area contributed by atoms with E-state index >= 15 is 0 Å². The number of halogens is 1. The van der Waals surface area contributed by atoms with Crippen LogP contribution in [0.4, 0.5) is 10.1 Å². The average molecular weight is 412 g/mol. The molecule has 5 rings (SSSR count). The topological polar surface area (TPSA) is 49.9 Å². The maximum atomic E-state index is 13.3. The molecule has 2 aromatic rings. The van der Waals surface area contributed by atoms with Crippen molar-refractivity contribution in [2.75, 3.05) is 18.5 Å². The first-order valence-corrected chi connectivity index (χ1v) is 10.5. The molecule has 0 aliphatic carbocycles. The number of hydrogen-bond acceptors (Lipinski definition) is 4. The second-order valence-electron chi connectivity index (χ2n) is 8.02. The van der Waals surface area contributed by atoms with Gasteiger partial charge >= 0.3 is 0 Å². The molecular formula is C22H21FN2O3S. The Labute approximate surface area is 172 Å². The number of fused-ring (bicyclic) bond motifs is 1. The number of rotatable bonds is 4. The van der Waals surface area contributed by atoms with Crippen LogP contribution < -0.4 is 4.90 Å². The zero-order chi connectivity index (χ0) is 20.3. The molecule has 29 heavy (non-hydrogen) atoms. The van der Waals surface area contributed by atoms with Gasteiger partial charge < -0.3 is 14.5 Å². The van der Waals surface area contributed by atoms with E-state index < -0.39 is 17.4 Å². The van der Waals surface area contributed by atoms with Crippen molar-refractivity contribution in [3.63, 3.8) is 0 Å². The third kappa shape index (κ3) is 2.75. The van der Waals surface area contributed by atoms with Crippen LogP contribution in [0.25, 0.3) is 0 Å². The lowest BCUT2D eigenvalue weighted by molar-refractivity contribution is -0.139. The highest BCUT2D eigenvalue weighted by Gasteiger charge is 2.67. The van der Waals surface area contributed by atoms with Crippen LogP contribution in [0.1, 0.15) is 10.4 Å². The molecule has 2 bridgehead atoms. The monoisotopic (exact) mass is 412 g/mol. The largest absolute Gasteiger partial charge is 0.360 e. The zero-order valence-electron chi connectivity index (χ0n) is 16.2. The van der Waals surface area contributed by atoms with E-state index in [9.17, 15) is 14.0 Å². The second-order valence-corrected chi connectivity index (χ2v) is 9.02. The van der Waals surface area contributed by atoms with Gasteiger partial charge in [0, 0.05) is 17.6 Å². The molecule has 0 N–H and O–H groups in total. The molecule has 0 saturated carbocycles. The predicted octanol–water partition coefficient (Wildman–Crippen LogP) is 3.14. The molecule has 0 radical (unpaired) electrons. The van der Waals surface area contributed by atoms with Gasteiger partial charge in [0.05, 0.1) is 31.0 Å². The molecule has 2 fully saturated rings. The molecule has 3 aliphatic rings. The van der Waals surface area contributed by atoms with Crippen LogP contribution in [-0.4, -0.2) is 42.0 Å². The van der Waals surface area contributed by atoms with E-state index in [0.29, 0.717) is 18.8 Å². The number of ether oxygens (including phenoxy) is 1. The van der Waals surface area contributed by atoms with Crippen molar-refractivity contribution in [2.24, 2.45) is 11.8 Å². The predicted molar refractivity (Wildman–Crippen MR) is 108 cm³/mol. The molecule has 150 valence electrons. The highest BCUT2D eigenvalue weighted by Crippen LogP contribution is 2.53. The molecule has 7 heteroatoms. The van der Waals surface area contributed by atoms with Gasteiger partial charge in [-0.2, -0.15) is 0 Å². The summed E-state index contributed by atoms with van der Waals surface area (Å²) in [5.74, 6) is -1.66. The summed E-state index contributed by atoms with van der Waals surface area (Å²) < 4.78 is 19.5. The normalized spacial score (nSPS) is 29.6. The smallest absolute Gasteiger partial charge is 0.234 e. The number of aryl methyl sites for hydroxylation is 1.